The van der Waals surface area contributed by atoms with E-state index in [-0.39, 0.29) is 0 Å². The van der Waals surface area contributed by atoms with Gasteiger partial charge in [-0.1, -0.05) is 32.0 Å². The number of anilines is 3. The number of pyridine rings is 1. The molecule has 0 saturated heterocycles. The SMILES string of the molecule is CNc1cccc(Nc2cccc(C(C)C)c2)n1. The van der Waals surface area contributed by atoms with E-state index in [1.807, 2.05) is 25.2 Å². The number of nitrogens with zero attached hydrogens (tertiary/aromatic N) is 1. The zero-order valence-electron chi connectivity index (χ0n) is 11.1. The van der Waals surface area contributed by atoms with Crippen molar-refractivity contribution < 1.29 is 0 Å². The normalized spacial score (nSPS) is 10.4. The molecule has 0 fully saturated rings. The Hall–Kier alpha value is -2.03. The summed E-state index contributed by atoms with van der Waals surface area (Å²) in [5.41, 5.74) is 2.40. The van der Waals surface area contributed by atoms with Crippen LogP contribution in [0.1, 0.15) is 25.3 Å². The van der Waals surface area contributed by atoms with Gasteiger partial charge in [-0.05, 0) is 35.7 Å². The Labute approximate surface area is 108 Å². The van der Waals surface area contributed by atoms with Crippen LogP contribution in [0.2, 0.25) is 0 Å². The Kier molecular flexibility index (Phi) is 3.82. The first kappa shape index (κ1) is 12.4. The number of hydrogen-bond donors (Lipinski definition) is 2. The van der Waals surface area contributed by atoms with Crippen LogP contribution in [-0.2, 0) is 0 Å². The fourth-order valence-corrected chi connectivity index (χ4v) is 1.77. The first-order valence-electron chi connectivity index (χ1n) is 6.21. The molecule has 0 atom stereocenters. The van der Waals surface area contributed by atoms with Crippen molar-refractivity contribution in [1.29, 1.82) is 0 Å². The van der Waals surface area contributed by atoms with Crippen LogP contribution < -0.4 is 10.6 Å². The van der Waals surface area contributed by atoms with Crippen molar-refractivity contribution in [3.63, 3.8) is 0 Å². The van der Waals surface area contributed by atoms with Crippen LogP contribution in [-0.4, -0.2) is 12.0 Å². The minimum Gasteiger partial charge on any atom is -0.373 e. The largest absolute Gasteiger partial charge is 0.373 e. The predicted molar refractivity (Wildman–Crippen MR) is 77.6 cm³/mol. The van der Waals surface area contributed by atoms with Crippen molar-refractivity contribution >= 4 is 17.3 Å². The van der Waals surface area contributed by atoms with Gasteiger partial charge in [-0.25, -0.2) is 4.98 Å². The molecule has 94 valence electrons. The van der Waals surface area contributed by atoms with Crippen LogP contribution in [0.3, 0.4) is 0 Å². The molecule has 0 aliphatic carbocycles. The lowest BCUT2D eigenvalue weighted by Gasteiger charge is -2.10. The molecule has 2 aromatic rings. The lowest BCUT2D eigenvalue weighted by atomic mass is 10.0. The molecule has 0 radical (unpaired) electrons. The third-order valence-corrected chi connectivity index (χ3v) is 2.83. The van der Waals surface area contributed by atoms with Gasteiger partial charge in [-0.3, -0.25) is 0 Å². The number of hydrogen-bond acceptors (Lipinski definition) is 3. The molecule has 1 heterocycles. The smallest absolute Gasteiger partial charge is 0.132 e. The summed E-state index contributed by atoms with van der Waals surface area (Å²) in [6, 6.07) is 14.3. The van der Waals surface area contributed by atoms with E-state index < -0.39 is 0 Å². The van der Waals surface area contributed by atoms with E-state index in [1.54, 1.807) is 0 Å². The average Bonchev–Trinajstić information content (AvgIpc) is 2.39. The molecule has 0 spiro atoms. The molecular weight excluding hydrogens is 222 g/mol. The highest BCUT2D eigenvalue weighted by atomic mass is 15.0. The lowest BCUT2D eigenvalue weighted by molar-refractivity contribution is 0.867. The van der Waals surface area contributed by atoms with E-state index in [0.29, 0.717) is 5.92 Å². The maximum absolute atomic E-state index is 4.44. The molecule has 1 aromatic carbocycles. The number of nitrogens with one attached hydrogen (secondary N) is 2. The zero-order chi connectivity index (χ0) is 13.0. The van der Waals surface area contributed by atoms with Gasteiger partial charge < -0.3 is 10.6 Å². The highest BCUT2D eigenvalue weighted by Crippen LogP contribution is 2.21. The maximum atomic E-state index is 4.44. The monoisotopic (exact) mass is 241 g/mol. The van der Waals surface area contributed by atoms with Crippen LogP contribution in [0, 0.1) is 0 Å². The van der Waals surface area contributed by atoms with Gasteiger partial charge in [0, 0.05) is 12.7 Å². The Balaban J connectivity index is 2.20. The molecule has 18 heavy (non-hydrogen) atoms. The second-order valence-electron chi connectivity index (χ2n) is 4.56. The molecule has 0 bridgehead atoms. The van der Waals surface area contributed by atoms with E-state index in [0.717, 1.165) is 17.3 Å². The molecule has 0 amide bonds. The molecule has 2 rings (SSSR count). The van der Waals surface area contributed by atoms with E-state index in [1.165, 1.54) is 5.56 Å². The van der Waals surface area contributed by atoms with Crippen LogP contribution >= 0.6 is 0 Å². The summed E-state index contributed by atoms with van der Waals surface area (Å²) < 4.78 is 0. The van der Waals surface area contributed by atoms with Gasteiger partial charge in [0.2, 0.25) is 0 Å². The highest BCUT2D eigenvalue weighted by Gasteiger charge is 2.01. The first-order chi connectivity index (χ1) is 8.69. The summed E-state index contributed by atoms with van der Waals surface area (Å²) in [7, 11) is 1.87. The lowest BCUT2D eigenvalue weighted by Crippen LogP contribution is -1.98. The van der Waals surface area contributed by atoms with Crippen LogP contribution in [0.5, 0.6) is 0 Å². The molecule has 2 N–H and O–H groups in total. The molecule has 0 unspecified atom stereocenters. The fourth-order valence-electron chi connectivity index (χ4n) is 1.77. The van der Waals surface area contributed by atoms with Crippen molar-refractivity contribution in [2.24, 2.45) is 0 Å². The Morgan fingerprint density at radius 1 is 1.00 bits per heavy atom. The highest BCUT2D eigenvalue weighted by molar-refractivity contribution is 5.59. The van der Waals surface area contributed by atoms with Crippen molar-refractivity contribution in [3.8, 4) is 0 Å². The summed E-state index contributed by atoms with van der Waals surface area (Å²) in [5.74, 6) is 2.24. The van der Waals surface area contributed by atoms with Gasteiger partial charge in [0.25, 0.3) is 0 Å². The third kappa shape index (κ3) is 3.00. The number of rotatable bonds is 4. The molecule has 3 nitrogen and oxygen atoms in total. The number of benzene rings is 1. The second-order valence-corrected chi connectivity index (χ2v) is 4.56. The first-order valence-corrected chi connectivity index (χ1v) is 6.21. The van der Waals surface area contributed by atoms with Crippen LogP contribution in [0.25, 0.3) is 0 Å². The quantitative estimate of drug-likeness (QED) is 0.849. The molecule has 1 aromatic heterocycles. The predicted octanol–water partition coefficient (Wildman–Crippen LogP) is 3.99. The van der Waals surface area contributed by atoms with Crippen molar-refractivity contribution in [2.75, 3.05) is 17.7 Å². The van der Waals surface area contributed by atoms with E-state index in [2.05, 4.69) is 53.7 Å². The van der Waals surface area contributed by atoms with Crippen LogP contribution in [0.15, 0.2) is 42.5 Å². The summed E-state index contributed by atoms with van der Waals surface area (Å²) in [6.45, 7) is 4.39. The Bertz CT molecular complexity index is 521. The van der Waals surface area contributed by atoms with E-state index >= 15 is 0 Å². The van der Waals surface area contributed by atoms with Crippen molar-refractivity contribution in [3.05, 3.63) is 48.0 Å². The van der Waals surface area contributed by atoms with Gasteiger partial charge >= 0.3 is 0 Å². The van der Waals surface area contributed by atoms with Gasteiger partial charge in [0.05, 0.1) is 0 Å². The average molecular weight is 241 g/mol. The van der Waals surface area contributed by atoms with E-state index in [4.69, 9.17) is 0 Å². The third-order valence-electron chi connectivity index (χ3n) is 2.83. The molecule has 0 saturated carbocycles. The standard InChI is InChI=1S/C15H19N3/c1-11(2)12-6-4-7-13(10-12)17-15-9-5-8-14(16-3)18-15/h4-11H,1-3H3,(H2,16,17,18). The van der Waals surface area contributed by atoms with Crippen LogP contribution in [0.4, 0.5) is 17.3 Å². The summed E-state index contributed by atoms with van der Waals surface area (Å²) in [6.07, 6.45) is 0. The Morgan fingerprint density at radius 3 is 2.44 bits per heavy atom. The maximum Gasteiger partial charge on any atom is 0.132 e. The molecule has 0 aliphatic rings. The second kappa shape index (κ2) is 5.54. The summed E-state index contributed by atoms with van der Waals surface area (Å²) in [4.78, 5) is 4.44. The molecule has 3 heteroatoms. The van der Waals surface area contributed by atoms with Crippen molar-refractivity contribution in [2.45, 2.75) is 19.8 Å². The summed E-state index contributed by atoms with van der Waals surface area (Å²) >= 11 is 0. The minimum atomic E-state index is 0.531. The van der Waals surface area contributed by atoms with Gasteiger partial charge in [0.15, 0.2) is 0 Å². The topological polar surface area (TPSA) is 37.0 Å². The van der Waals surface area contributed by atoms with Crippen molar-refractivity contribution in [1.82, 2.24) is 4.98 Å². The zero-order valence-corrected chi connectivity index (χ0v) is 11.1. The van der Waals surface area contributed by atoms with Gasteiger partial charge in [-0.2, -0.15) is 0 Å². The molecular formula is C15H19N3. The number of aromatic nitrogens is 1. The van der Waals surface area contributed by atoms with Gasteiger partial charge in [-0.15, -0.1) is 0 Å². The van der Waals surface area contributed by atoms with Gasteiger partial charge in [0.1, 0.15) is 11.6 Å². The van der Waals surface area contributed by atoms with E-state index in [9.17, 15) is 0 Å². The minimum absolute atomic E-state index is 0.531. The molecule has 0 aliphatic heterocycles. The Morgan fingerprint density at radius 2 is 1.72 bits per heavy atom. The fraction of sp³-hybridized carbons (Fsp3) is 0.267. The summed E-state index contributed by atoms with van der Waals surface area (Å²) in [5, 5.41) is 6.35.